The van der Waals surface area contributed by atoms with Gasteiger partial charge in [0.15, 0.2) is 0 Å². The van der Waals surface area contributed by atoms with E-state index in [1.165, 1.54) is 36.3 Å². The Hall–Kier alpha value is -2.23. The van der Waals surface area contributed by atoms with E-state index in [-0.39, 0.29) is 28.1 Å². The van der Waals surface area contributed by atoms with Crippen LogP contribution in [0.15, 0.2) is 29.6 Å². The van der Waals surface area contributed by atoms with Crippen LogP contribution in [0.25, 0.3) is 10.2 Å². The molecule has 0 saturated heterocycles. The predicted octanol–water partition coefficient (Wildman–Crippen LogP) is 4.60. The van der Waals surface area contributed by atoms with Crippen molar-refractivity contribution in [2.45, 2.75) is 18.9 Å². The SMILES string of the molecule is Cc1sc2ncnc(SCC(=O)Nc3cc([N+](=O)[O-])ccc3Cl)c2c1C. The molecule has 26 heavy (non-hydrogen) atoms. The van der Waals surface area contributed by atoms with Gasteiger partial charge in [-0.15, -0.1) is 11.3 Å². The maximum absolute atomic E-state index is 12.2. The third kappa shape index (κ3) is 3.79. The van der Waals surface area contributed by atoms with Gasteiger partial charge >= 0.3 is 0 Å². The molecule has 0 aliphatic heterocycles. The van der Waals surface area contributed by atoms with Crippen LogP contribution >= 0.6 is 34.7 Å². The van der Waals surface area contributed by atoms with Crippen LogP contribution in [0, 0.1) is 24.0 Å². The minimum absolute atomic E-state index is 0.0967. The normalized spacial score (nSPS) is 10.9. The Bertz CT molecular complexity index is 1020. The second-order valence-electron chi connectivity index (χ2n) is 5.40. The van der Waals surface area contributed by atoms with Gasteiger partial charge in [-0.2, -0.15) is 0 Å². The summed E-state index contributed by atoms with van der Waals surface area (Å²) >= 11 is 8.88. The number of hydrogen-bond acceptors (Lipinski definition) is 7. The molecular formula is C16H13ClN4O3S2. The molecule has 7 nitrogen and oxygen atoms in total. The minimum atomic E-state index is -0.542. The van der Waals surface area contributed by atoms with Crippen molar-refractivity contribution in [1.82, 2.24) is 9.97 Å². The van der Waals surface area contributed by atoms with Crippen molar-refractivity contribution in [3.63, 3.8) is 0 Å². The molecule has 0 atom stereocenters. The Morgan fingerprint density at radius 1 is 1.38 bits per heavy atom. The van der Waals surface area contributed by atoms with Crippen LogP contribution in [0.5, 0.6) is 0 Å². The molecule has 0 fully saturated rings. The van der Waals surface area contributed by atoms with Gasteiger partial charge in [0.25, 0.3) is 5.69 Å². The summed E-state index contributed by atoms with van der Waals surface area (Å²) in [6.45, 7) is 4.03. The van der Waals surface area contributed by atoms with E-state index >= 15 is 0 Å². The molecule has 0 aliphatic carbocycles. The number of aryl methyl sites for hydroxylation is 2. The Balaban J connectivity index is 1.74. The first-order valence-electron chi connectivity index (χ1n) is 7.44. The number of fused-ring (bicyclic) bond motifs is 1. The highest BCUT2D eigenvalue weighted by Gasteiger charge is 2.15. The predicted molar refractivity (Wildman–Crippen MR) is 104 cm³/mol. The van der Waals surface area contributed by atoms with E-state index in [2.05, 4.69) is 15.3 Å². The quantitative estimate of drug-likeness (QED) is 0.286. The van der Waals surface area contributed by atoms with Gasteiger partial charge in [0, 0.05) is 22.4 Å². The highest BCUT2D eigenvalue weighted by molar-refractivity contribution is 8.00. The van der Waals surface area contributed by atoms with E-state index in [4.69, 9.17) is 11.6 Å². The molecule has 0 bridgehead atoms. The number of nitro benzene ring substituents is 1. The summed E-state index contributed by atoms with van der Waals surface area (Å²) in [6.07, 6.45) is 1.48. The molecule has 2 heterocycles. The van der Waals surface area contributed by atoms with Crippen LogP contribution in [0.3, 0.4) is 0 Å². The second-order valence-corrected chi connectivity index (χ2v) is 7.97. The maximum atomic E-state index is 12.2. The Morgan fingerprint density at radius 2 is 2.15 bits per heavy atom. The standard InChI is InChI=1S/C16H13ClN4O3S2/c1-8-9(2)26-16-14(8)15(18-7-19-16)25-6-13(22)20-12-5-10(21(23)24)3-4-11(12)17/h3-5,7H,6H2,1-2H3,(H,20,22). The third-order valence-electron chi connectivity index (χ3n) is 3.71. The zero-order valence-electron chi connectivity index (χ0n) is 13.8. The van der Waals surface area contributed by atoms with Gasteiger partial charge in [0.1, 0.15) is 16.2 Å². The van der Waals surface area contributed by atoms with Crippen molar-refractivity contribution in [2.24, 2.45) is 0 Å². The van der Waals surface area contributed by atoms with Crippen molar-refractivity contribution >= 4 is 62.2 Å². The fourth-order valence-corrected chi connectivity index (χ4v) is 4.38. The van der Waals surface area contributed by atoms with Crippen molar-refractivity contribution < 1.29 is 9.72 Å². The van der Waals surface area contributed by atoms with E-state index in [0.717, 1.165) is 25.7 Å². The van der Waals surface area contributed by atoms with Crippen molar-refractivity contribution in [1.29, 1.82) is 0 Å². The number of rotatable bonds is 5. The summed E-state index contributed by atoms with van der Waals surface area (Å²) in [6, 6.07) is 3.90. The summed E-state index contributed by atoms with van der Waals surface area (Å²) in [4.78, 5) is 33.2. The van der Waals surface area contributed by atoms with E-state index in [1.54, 1.807) is 11.3 Å². The lowest BCUT2D eigenvalue weighted by Crippen LogP contribution is -2.14. The summed E-state index contributed by atoms with van der Waals surface area (Å²) in [5.74, 6) is -0.229. The molecule has 134 valence electrons. The smallest absolute Gasteiger partial charge is 0.271 e. The average Bonchev–Trinajstić information content (AvgIpc) is 2.89. The van der Waals surface area contributed by atoms with Crippen LogP contribution in [0.4, 0.5) is 11.4 Å². The topological polar surface area (TPSA) is 98.0 Å². The number of carbonyl (C=O) groups is 1. The number of benzene rings is 1. The van der Waals surface area contributed by atoms with Crippen LogP contribution in [-0.2, 0) is 4.79 Å². The molecule has 0 aliphatic rings. The molecule has 3 aromatic rings. The summed E-state index contributed by atoms with van der Waals surface area (Å²) in [7, 11) is 0. The number of aromatic nitrogens is 2. The van der Waals surface area contributed by atoms with E-state index in [9.17, 15) is 14.9 Å². The molecule has 0 radical (unpaired) electrons. The largest absolute Gasteiger partial charge is 0.324 e. The molecule has 2 aromatic heterocycles. The lowest BCUT2D eigenvalue weighted by Gasteiger charge is -2.07. The average molecular weight is 409 g/mol. The van der Waals surface area contributed by atoms with Gasteiger partial charge in [-0.1, -0.05) is 23.4 Å². The first-order valence-corrected chi connectivity index (χ1v) is 9.62. The van der Waals surface area contributed by atoms with Gasteiger partial charge in [-0.25, -0.2) is 9.97 Å². The highest BCUT2D eigenvalue weighted by Crippen LogP contribution is 2.34. The zero-order valence-corrected chi connectivity index (χ0v) is 16.2. The number of anilines is 1. The van der Waals surface area contributed by atoms with Crippen molar-refractivity contribution in [2.75, 3.05) is 11.1 Å². The molecule has 3 rings (SSSR count). The summed E-state index contributed by atoms with van der Waals surface area (Å²) < 4.78 is 0. The number of thiophene rings is 1. The van der Waals surface area contributed by atoms with Crippen LogP contribution in [0.1, 0.15) is 10.4 Å². The number of thioether (sulfide) groups is 1. The fraction of sp³-hybridized carbons (Fsp3) is 0.188. The number of hydrogen-bond donors (Lipinski definition) is 1. The summed E-state index contributed by atoms with van der Waals surface area (Å²) in [5.41, 5.74) is 1.18. The Labute approximate surface area is 162 Å². The van der Waals surface area contributed by atoms with E-state index < -0.39 is 4.92 Å². The lowest BCUT2D eigenvalue weighted by atomic mass is 10.2. The molecule has 0 spiro atoms. The van der Waals surface area contributed by atoms with Crippen LogP contribution in [-0.4, -0.2) is 26.6 Å². The zero-order chi connectivity index (χ0) is 18.8. The van der Waals surface area contributed by atoms with Crippen molar-refractivity contribution in [3.8, 4) is 0 Å². The van der Waals surface area contributed by atoms with Gasteiger partial charge in [-0.3, -0.25) is 14.9 Å². The number of nitrogens with zero attached hydrogens (tertiary/aromatic N) is 3. The van der Waals surface area contributed by atoms with Gasteiger partial charge in [-0.05, 0) is 25.5 Å². The van der Waals surface area contributed by atoms with Gasteiger partial charge in [0.05, 0.1) is 21.4 Å². The Morgan fingerprint density at radius 3 is 2.88 bits per heavy atom. The number of non-ortho nitro benzene ring substituents is 1. The second kappa shape index (κ2) is 7.56. The first-order chi connectivity index (χ1) is 12.4. The van der Waals surface area contributed by atoms with E-state index in [0.29, 0.717) is 0 Å². The number of nitro groups is 1. The van der Waals surface area contributed by atoms with Crippen LogP contribution in [0.2, 0.25) is 5.02 Å². The number of nitrogens with one attached hydrogen (secondary N) is 1. The number of carbonyl (C=O) groups excluding carboxylic acids is 1. The molecule has 1 aromatic carbocycles. The van der Waals surface area contributed by atoms with Gasteiger partial charge < -0.3 is 5.32 Å². The van der Waals surface area contributed by atoms with E-state index in [1.807, 2.05) is 13.8 Å². The summed E-state index contributed by atoms with van der Waals surface area (Å²) in [5, 5.41) is 15.4. The van der Waals surface area contributed by atoms with Crippen molar-refractivity contribution in [3.05, 3.63) is 50.1 Å². The number of halogens is 1. The molecule has 1 amide bonds. The molecule has 10 heteroatoms. The van der Waals surface area contributed by atoms with Gasteiger partial charge in [0.2, 0.25) is 5.91 Å². The Kier molecular flexibility index (Phi) is 5.40. The molecular weight excluding hydrogens is 396 g/mol. The maximum Gasteiger partial charge on any atom is 0.271 e. The fourth-order valence-electron chi connectivity index (χ4n) is 2.30. The molecule has 1 N–H and O–H groups in total. The van der Waals surface area contributed by atoms with Crippen LogP contribution < -0.4 is 5.32 Å². The minimum Gasteiger partial charge on any atom is -0.324 e. The highest BCUT2D eigenvalue weighted by atomic mass is 35.5. The third-order valence-corrected chi connectivity index (χ3v) is 6.14. The molecule has 0 unspecified atom stereocenters. The first kappa shape index (κ1) is 18.6. The molecule has 0 saturated carbocycles. The number of amides is 1. The lowest BCUT2D eigenvalue weighted by molar-refractivity contribution is -0.384. The monoisotopic (exact) mass is 408 g/mol.